The molecule has 3 unspecified atom stereocenters. The number of benzene rings is 1. The molecule has 0 amide bonds. The lowest BCUT2D eigenvalue weighted by Gasteiger charge is -2.51. The maximum atomic E-state index is 9.94. The Morgan fingerprint density at radius 2 is 1.88 bits per heavy atom. The van der Waals surface area contributed by atoms with Crippen molar-refractivity contribution in [3.8, 4) is 0 Å². The van der Waals surface area contributed by atoms with Gasteiger partial charge in [0, 0.05) is 5.41 Å². The molecule has 0 radical (unpaired) electrons. The SMILES string of the molecule is CCCc1ccc(C2CC(O)C2(C)CC)cc1. The Hall–Kier alpha value is -0.820. The summed E-state index contributed by atoms with van der Waals surface area (Å²) in [6.07, 6.45) is 4.23. The predicted molar refractivity (Wildman–Crippen MR) is 72.2 cm³/mol. The Morgan fingerprint density at radius 3 is 2.35 bits per heavy atom. The van der Waals surface area contributed by atoms with E-state index in [0.717, 1.165) is 12.8 Å². The summed E-state index contributed by atoms with van der Waals surface area (Å²) in [5.41, 5.74) is 2.92. The Kier molecular flexibility index (Phi) is 3.58. The van der Waals surface area contributed by atoms with Crippen molar-refractivity contribution in [3.63, 3.8) is 0 Å². The van der Waals surface area contributed by atoms with E-state index in [1.807, 2.05) is 0 Å². The number of rotatable bonds is 4. The van der Waals surface area contributed by atoms with Gasteiger partial charge in [-0.1, -0.05) is 51.5 Å². The molecule has 1 aromatic rings. The smallest absolute Gasteiger partial charge is 0.0605 e. The first kappa shape index (κ1) is 12.6. The maximum absolute atomic E-state index is 9.94. The molecule has 1 N–H and O–H groups in total. The summed E-state index contributed by atoms with van der Waals surface area (Å²) in [7, 11) is 0. The predicted octanol–water partition coefficient (Wildman–Crippen LogP) is 3.90. The molecule has 1 nitrogen and oxygen atoms in total. The van der Waals surface area contributed by atoms with Gasteiger partial charge in [0.05, 0.1) is 6.10 Å². The van der Waals surface area contributed by atoms with Gasteiger partial charge in [-0.25, -0.2) is 0 Å². The lowest BCUT2D eigenvalue weighted by atomic mass is 9.55. The van der Waals surface area contributed by atoms with Crippen LogP contribution in [0.5, 0.6) is 0 Å². The van der Waals surface area contributed by atoms with Crippen LogP contribution in [0, 0.1) is 5.41 Å². The van der Waals surface area contributed by atoms with Crippen LogP contribution < -0.4 is 0 Å². The average Bonchev–Trinajstić information content (AvgIpc) is 2.36. The highest BCUT2D eigenvalue weighted by Crippen LogP contribution is 2.54. The molecule has 0 aliphatic heterocycles. The fourth-order valence-electron chi connectivity index (χ4n) is 3.04. The first-order chi connectivity index (χ1) is 8.11. The molecule has 94 valence electrons. The summed E-state index contributed by atoms with van der Waals surface area (Å²) in [4.78, 5) is 0. The molecule has 1 saturated carbocycles. The molecule has 17 heavy (non-hydrogen) atoms. The third-order valence-electron chi connectivity index (χ3n) is 4.70. The maximum Gasteiger partial charge on any atom is 0.0605 e. The zero-order valence-electron chi connectivity index (χ0n) is 11.2. The molecule has 3 atom stereocenters. The molecule has 1 aliphatic rings. The van der Waals surface area contributed by atoms with E-state index in [1.165, 1.54) is 24.0 Å². The number of hydrogen-bond acceptors (Lipinski definition) is 1. The van der Waals surface area contributed by atoms with Crippen LogP contribution in [0.1, 0.15) is 57.1 Å². The Morgan fingerprint density at radius 1 is 1.24 bits per heavy atom. The quantitative estimate of drug-likeness (QED) is 0.834. The molecule has 2 rings (SSSR count). The second kappa shape index (κ2) is 4.81. The Balaban J connectivity index is 2.13. The number of aliphatic hydroxyl groups is 1. The van der Waals surface area contributed by atoms with Crippen molar-refractivity contribution in [2.75, 3.05) is 0 Å². The minimum Gasteiger partial charge on any atom is -0.393 e. The summed E-state index contributed by atoms with van der Waals surface area (Å²) >= 11 is 0. The summed E-state index contributed by atoms with van der Waals surface area (Å²) in [6.45, 7) is 6.61. The fourth-order valence-corrected chi connectivity index (χ4v) is 3.04. The molecule has 1 aromatic carbocycles. The van der Waals surface area contributed by atoms with Crippen LogP contribution in [-0.4, -0.2) is 11.2 Å². The van der Waals surface area contributed by atoms with Crippen LogP contribution in [0.2, 0.25) is 0 Å². The zero-order chi connectivity index (χ0) is 12.5. The third kappa shape index (κ3) is 2.13. The summed E-state index contributed by atoms with van der Waals surface area (Å²) in [5, 5.41) is 9.94. The van der Waals surface area contributed by atoms with Crippen molar-refractivity contribution in [1.29, 1.82) is 0 Å². The van der Waals surface area contributed by atoms with Crippen LogP contribution in [0.4, 0.5) is 0 Å². The molecule has 0 saturated heterocycles. The van der Waals surface area contributed by atoms with Crippen molar-refractivity contribution in [2.24, 2.45) is 5.41 Å². The molecular formula is C16H24O. The lowest BCUT2D eigenvalue weighted by Crippen LogP contribution is -2.49. The van der Waals surface area contributed by atoms with E-state index in [-0.39, 0.29) is 11.5 Å². The number of aliphatic hydroxyl groups excluding tert-OH is 1. The van der Waals surface area contributed by atoms with Gasteiger partial charge in [0.25, 0.3) is 0 Å². The first-order valence-corrected chi connectivity index (χ1v) is 6.88. The molecule has 0 spiro atoms. The van der Waals surface area contributed by atoms with Gasteiger partial charge in [-0.2, -0.15) is 0 Å². The second-order valence-corrected chi connectivity index (χ2v) is 5.66. The minimum absolute atomic E-state index is 0.0896. The average molecular weight is 232 g/mol. The van der Waals surface area contributed by atoms with E-state index < -0.39 is 0 Å². The highest BCUT2D eigenvalue weighted by atomic mass is 16.3. The lowest BCUT2D eigenvalue weighted by molar-refractivity contribution is -0.0777. The molecule has 0 heterocycles. The molecule has 0 aromatic heterocycles. The third-order valence-corrected chi connectivity index (χ3v) is 4.70. The van der Waals surface area contributed by atoms with Gasteiger partial charge in [-0.15, -0.1) is 0 Å². The highest BCUT2D eigenvalue weighted by Gasteiger charge is 2.49. The molecule has 0 bridgehead atoms. The van der Waals surface area contributed by atoms with E-state index in [9.17, 15) is 5.11 Å². The van der Waals surface area contributed by atoms with E-state index in [0.29, 0.717) is 5.92 Å². The topological polar surface area (TPSA) is 20.2 Å². The van der Waals surface area contributed by atoms with E-state index in [2.05, 4.69) is 45.0 Å². The first-order valence-electron chi connectivity index (χ1n) is 6.88. The van der Waals surface area contributed by atoms with E-state index in [4.69, 9.17) is 0 Å². The van der Waals surface area contributed by atoms with Crippen molar-refractivity contribution in [1.82, 2.24) is 0 Å². The Labute approximate surface area is 105 Å². The van der Waals surface area contributed by atoms with Crippen molar-refractivity contribution in [2.45, 2.75) is 58.5 Å². The van der Waals surface area contributed by atoms with Crippen molar-refractivity contribution < 1.29 is 5.11 Å². The number of hydrogen-bond donors (Lipinski definition) is 1. The van der Waals surface area contributed by atoms with E-state index >= 15 is 0 Å². The highest BCUT2D eigenvalue weighted by molar-refractivity contribution is 5.30. The van der Waals surface area contributed by atoms with Gasteiger partial charge < -0.3 is 5.11 Å². The van der Waals surface area contributed by atoms with Crippen LogP contribution in [0.3, 0.4) is 0 Å². The van der Waals surface area contributed by atoms with Crippen LogP contribution >= 0.6 is 0 Å². The van der Waals surface area contributed by atoms with Gasteiger partial charge in [0.2, 0.25) is 0 Å². The summed E-state index contributed by atoms with van der Waals surface area (Å²) in [6, 6.07) is 9.02. The van der Waals surface area contributed by atoms with Gasteiger partial charge >= 0.3 is 0 Å². The van der Waals surface area contributed by atoms with Gasteiger partial charge in [0.15, 0.2) is 0 Å². The normalized spacial score (nSPS) is 32.2. The summed E-state index contributed by atoms with van der Waals surface area (Å²) in [5.74, 6) is 0.540. The molecule has 1 heteroatoms. The Bertz CT molecular complexity index is 368. The van der Waals surface area contributed by atoms with Crippen molar-refractivity contribution >= 4 is 0 Å². The van der Waals surface area contributed by atoms with E-state index in [1.54, 1.807) is 0 Å². The van der Waals surface area contributed by atoms with Crippen LogP contribution in [0.25, 0.3) is 0 Å². The van der Waals surface area contributed by atoms with Gasteiger partial charge in [-0.3, -0.25) is 0 Å². The minimum atomic E-state index is -0.118. The molecule has 1 fully saturated rings. The second-order valence-electron chi connectivity index (χ2n) is 5.66. The van der Waals surface area contributed by atoms with Crippen LogP contribution in [0.15, 0.2) is 24.3 Å². The summed E-state index contributed by atoms with van der Waals surface area (Å²) < 4.78 is 0. The van der Waals surface area contributed by atoms with Crippen LogP contribution in [-0.2, 0) is 6.42 Å². The number of aryl methyl sites for hydroxylation is 1. The van der Waals surface area contributed by atoms with Gasteiger partial charge in [0.1, 0.15) is 0 Å². The molecular weight excluding hydrogens is 208 g/mol. The standard InChI is InChI=1S/C16H24O/c1-4-6-12-7-9-13(10-8-12)14-11-15(17)16(14,3)5-2/h7-10,14-15,17H,4-6,11H2,1-3H3. The monoisotopic (exact) mass is 232 g/mol. The van der Waals surface area contributed by atoms with Crippen molar-refractivity contribution in [3.05, 3.63) is 35.4 Å². The molecule has 1 aliphatic carbocycles. The van der Waals surface area contributed by atoms with Gasteiger partial charge in [-0.05, 0) is 36.3 Å². The largest absolute Gasteiger partial charge is 0.393 e. The zero-order valence-corrected chi connectivity index (χ0v) is 11.2. The fraction of sp³-hybridized carbons (Fsp3) is 0.625.